The molecule has 0 rings (SSSR count). The predicted molar refractivity (Wildman–Crippen MR) is 64.7 cm³/mol. The van der Waals surface area contributed by atoms with E-state index < -0.39 is 21.0 Å². The Morgan fingerprint density at radius 1 is 1.31 bits per heavy atom. The van der Waals surface area contributed by atoms with E-state index in [0.717, 1.165) is 6.26 Å². The number of hydrogen-bond donors (Lipinski definition) is 2. The van der Waals surface area contributed by atoms with Gasteiger partial charge in [-0.15, -0.1) is 0 Å². The maximum Gasteiger partial charge on any atom is 0.238 e. The van der Waals surface area contributed by atoms with Crippen molar-refractivity contribution < 1.29 is 13.2 Å². The third kappa shape index (κ3) is 4.94. The summed E-state index contributed by atoms with van der Waals surface area (Å²) in [6.45, 7) is 5.79. The van der Waals surface area contributed by atoms with Crippen LogP contribution >= 0.6 is 0 Å². The van der Waals surface area contributed by atoms with Crippen LogP contribution in [0.1, 0.15) is 27.2 Å². The van der Waals surface area contributed by atoms with E-state index in [2.05, 4.69) is 5.32 Å². The number of nitrogens with two attached hydrogens (primary N) is 1. The zero-order chi connectivity index (χ0) is 12.9. The lowest BCUT2D eigenvalue weighted by atomic mass is 10.0. The van der Waals surface area contributed by atoms with Gasteiger partial charge in [0.2, 0.25) is 5.91 Å². The standard InChI is InChI=1S/C10H22N2O3S/c1-7(2)9(5-6-11)12-10(13)8(3)16(4,14)15/h7-9H,5-6,11H2,1-4H3,(H,12,13). The molecule has 0 radical (unpaired) electrons. The van der Waals surface area contributed by atoms with Crippen LogP contribution in [0.3, 0.4) is 0 Å². The molecule has 2 atom stereocenters. The second-order valence-electron chi connectivity index (χ2n) is 4.41. The van der Waals surface area contributed by atoms with Crippen LogP contribution in [-0.4, -0.2) is 38.4 Å². The summed E-state index contributed by atoms with van der Waals surface area (Å²) in [6, 6.07) is -0.0679. The zero-order valence-corrected chi connectivity index (χ0v) is 11.2. The Bertz CT molecular complexity index is 325. The van der Waals surface area contributed by atoms with Gasteiger partial charge < -0.3 is 11.1 Å². The number of carbonyl (C=O) groups is 1. The second kappa shape index (κ2) is 6.20. The Hall–Kier alpha value is -0.620. The van der Waals surface area contributed by atoms with Gasteiger partial charge >= 0.3 is 0 Å². The summed E-state index contributed by atoms with van der Waals surface area (Å²) < 4.78 is 22.4. The quantitative estimate of drug-likeness (QED) is 0.689. The Kier molecular flexibility index (Phi) is 5.96. The third-order valence-corrected chi connectivity index (χ3v) is 4.12. The van der Waals surface area contributed by atoms with Gasteiger partial charge in [-0.25, -0.2) is 8.42 Å². The molecule has 0 saturated carbocycles. The van der Waals surface area contributed by atoms with Gasteiger partial charge in [-0.05, 0) is 25.8 Å². The van der Waals surface area contributed by atoms with E-state index in [1.165, 1.54) is 6.92 Å². The molecule has 0 aliphatic heterocycles. The van der Waals surface area contributed by atoms with E-state index in [1.54, 1.807) is 0 Å². The fourth-order valence-electron chi connectivity index (χ4n) is 1.25. The molecule has 0 saturated heterocycles. The smallest absolute Gasteiger partial charge is 0.238 e. The van der Waals surface area contributed by atoms with Crippen LogP contribution in [-0.2, 0) is 14.6 Å². The monoisotopic (exact) mass is 250 g/mol. The number of amides is 1. The predicted octanol–water partition coefficient (Wildman–Crippen LogP) is -0.0909. The number of hydrogen-bond acceptors (Lipinski definition) is 4. The van der Waals surface area contributed by atoms with Crippen molar-refractivity contribution >= 4 is 15.7 Å². The minimum atomic E-state index is -3.33. The fourth-order valence-corrected chi connectivity index (χ4v) is 1.70. The van der Waals surface area contributed by atoms with Gasteiger partial charge in [-0.3, -0.25) is 4.79 Å². The summed E-state index contributed by atoms with van der Waals surface area (Å²) in [5.74, 6) is -0.214. The molecule has 96 valence electrons. The summed E-state index contributed by atoms with van der Waals surface area (Å²) in [6.07, 6.45) is 1.71. The first-order chi connectivity index (χ1) is 7.20. The Morgan fingerprint density at radius 2 is 1.81 bits per heavy atom. The van der Waals surface area contributed by atoms with E-state index in [0.29, 0.717) is 13.0 Å². The highest BCUT2D eigenvalue weighted by Crippen LogP contribution is 2.07. The first-order valence-corrected chi connectivity index (χ1v) is 7.35. The van der Waals surface area contributed by atoms with Crippen LogP contribution in [0.25, 0.3) is 0 Å². The normalized spacial score (nSPS) is 15.9. The summed E-state index contributed by atoms with van der Waals surface area (Å²) in [5, 5.41) is 1.72. The molecule has 16 heavy (non-hydrogen) atoms. The van der Waals surface area contributed by atoms with Gasteiger partial charge in [0.25, 0.3) is 0 Å². The Balaban J connectivity index is 4.53. The van der Waals surface area contributed by atoms with Crippen molar-refractivity contribution in [1.29, 1.82) is 0 Å². The molecule has 3 N–H and O–H groups in total. The fraction of sp³-hybridized carbons (Fsp3) is 0.900. The van der Waals surface area contributed by atoms with Gasteiger partial charge in [0.15, 0.2) is 9.84 Å². The minimum absolute atomic E-state index is 0.0679. The lowest BCUT2D eigenvalue weighted by Crippen LogP contribution is -2.46. The van der Waals surface area contributed by atoms with Crippen molar-refractivity contribution in [2.24, 2.45) is 11.7 Å². The van der Waals surface area contributed by atoms with Gasteiger partial charge in [0, 0.05) is 12.3 Å². The topological polar surface area (TPSA) is 89.3 Å². The molecule has 0 aromatic carbocycles. The molecule has 6 heteroatoms. The average molecular weight is 250 g/mol. The minimum Gasteiger partial charge on any atom is -0.352 e. The summed E-state index contributed by atoms with van der Waals surface area (Å²) in [5.41, 5.74) is 5.44. The Morgan fingerprint density at radius 3 is 2.12 bits per heavy atom. The molecule has 0 bridgehead atoms. The van der Waals surface area contributed by atoms with Crippen LogP contribution in [0, 0.1) is 5.92 Å². The molecular weight excluding hydrogens is 228 g/mol. The van der Waals surface area contributed by atoms with Gasteiger partial charge in [0.05, 0.1) is 0 Å². The molecule has 2 unspecified atom stereocenters. The number of nitrogens with one attached hydrogen (secondary N) is 1. The lowest BCUT2D eigenvalue weighted by Gasteiger charge is -2.23. The molecule has 0 aromatic heterocycles. The van der Waals surface area contributed by atoms with Crippen LogP contribution in [0.2, 0.25) is 0 Å². The molecule has 0 spiro atoms. The van der Waals surface area contributed by atoms with Crippen molar-refractivity contribution in [3.8, 4) is 0 Å². The maximum absolute atomic E-state index is 11.6. The molecule has 0 aromatic rings. The van der Waals surface area contributed by atoms with Gasteiger partial charge in [-0.2, -0.15) is 0 Å². The van der Waals surface area contributed by atoms with Crippen LogP contribution in [0.4, 0.5) is 0 Å². The van der Waals surface area contributed by atoms with Crippen LogP contribution < -0.4 is 11.1 Å². The molecule has 0 aliphatic rings. The first kappa shape index (κ1) is 15.4. The molecular formula is C10H22N2O3S. The average Bonchev–Trinajstić information content (AvgIpc) is 2.14. The Labute approximate surface area is 97.7 Å². The van der Waals surface area contributed by atoms with Crippen molar-refractivity contribution in [2.45, 2.75) is 38.5 Å². The van der Waals surface area contributed by atoms with E-state index in [1.807, 2.05) is 13.8 Å². The van der Waals surface area contributed by atoms with Crippen molar-refractivity contribution in [1.82, 2.24) is 5.32 Å². The maximum atomic E-state index is 11.6. The van der Waals surface area contributed by atoms with E-state index in [9.17, 15) is 13.2 Å². The summed E-state index contributed by atoms with van der Waals surface area (Å²) >= 11 is 0. The zero-order valence-electron chi connectivity index (χ0n) is 10.4. The highest BCUT2D eigenvalue weighted by molar-refractivity contribution is 7.92. The van der Waals surface area contributed by atoms with E-state index in [4.69, 9.17) is 5.73 Å². The van der Waals surface area contributed by atoms with Crippen LogP contribution in [0.15, 0.2) is 0 Å². The summed E-state index contributed by atoms with van der Waals surface area (Å²) in [7, 11) is -3.33. The van der Waals surface area contributed by atoms with Gasteiger partial charge in [-0.1, -0.05) is 13.8 Å². The third-order valence-electron chi connectivity index (χ3n) is 2.62. The van der Waals surface area contributed by atoms with Crippen LogP contribution in [0.5, 0.6) is 0 Å². The molecule has 0 heterocycles. The number of rotatable bonds is 6. The van der Waals surface area contributed by atoms with Gasteiger partial charge in [0.1, 0.15) is 5.25 Å². The largest absolute Gasteiger partial charge is 0.352 e. The molecule has 0 fully saturated rings. The van der Waals surface area contributed by atoms with Crippen molar-refractivity contribution in [3.63, 3.8) is 0 Å². The molecule has 1 amide bonds. The number of sulfone groups is 1. The lowest BCUT2D eigenvalue weighted by molar-refractivity contribution is -0.121. The highest BCUT2D eigenvalue weighted by atomic mass is 32.2. The summed E-state index contributed by atoms with van der Waals surface area (Å²) in [4.78, 5) is 11.6. The number of carbonyl (C=O) groups excluding carboxylic acids is 1. The molecule has 5 nitrogen and oxygen atoms in total. The van der Waals surface area contributed by atoms with Crippen molar-refractivity contribution in [2.75, 3.05) is 12.8 Å². The SMILES string of the molecule is CC(C)C(CCN)NC(=O)C(C)S(C)(=O)=O. The van der Waals surface area contributed by atoms with E-state index >= 15 is 0 Å². The molecule has 0 aliphatic carbocycles. The first-order valence-electron chi connectivity index (χ1n) is 5.39. The highest BCUT2D eigenvalue weighted by Gasteiger charge is 2.26. The van der Waals surface area contributed by atoms with Crippen molar-refractivity contribution in [3.05, 3.63) is 0 Å². The van der Waals surface area contributed by atoms with E-state index in [-0.39, 0.29) is 12.0 Å². The second-order valence-corrected chi connectivity index (χ2v) is 6.77.